The molecule has 18 heavy (non-hydrogen) atoms. The third-order valence-corrected chi connectivity index (χ3v) is 2.44. The van der Waals surface area contributed by atoms with Gasteiger partial charge in [-0.1, -0.05) is 6.07 Å². The number of ether oxygens (including phenoxy) is 1. The summed E-state index contributed by atoms with van der Waals surface area (Å²) in [5, 5.41) is 11.0. The Balaban J connectivity index is 2.46. The van der Waals surface area contributed by atoms with Gasteiger partial charge in [0.1, 0.15) is 0 Å². The maximum atomic E-state index is 11.0. The molecule has 0 N–H and O–H groups in total. The number of nitro benzene ring substituents is 1. The predicted molar refractivity (Wildman–Crippen MR) is 66.9 cm³/mol. The van der Waals surface area contributed by atoms with Crippen molar-refractivity contribution in [3.63, 3.8) is 0 Å². The number of nitro groups is 1. The Labute approximate surface area is 104 Å². The lowest BCUT2D eigenvalue weighted by molar-refractivity contribution is -0.386. The number of aryl methyl sites for hydroxylation is 2. The van der Waals surface area contributed by atoms with E-state index in [0.717, 1.165) is 5.56 Å². The van der Waals surface area contributed by atoms with Gasteiger partial charge in [-0.15, -0.1) is 0 Å². The van der Waals surface area contributed by atoms with Gasteiger partial charge in [-0.05, 0) is 37.6 Å². The highest BCUT2D eigenvalue weighted by molar-refractivity contribution is 5.55. The van der Waals surface area contributed by atoms with Crippen molar-refractivity contribution in [1.29, 1.82) is 0 Å². The molecule has 1 heterocycles. The van der Waals surface area contributed by atoms with Gasteiger partial charge in [-0.3, -0.25) is 10.1 Å². The molecule has 1 aromatic carbocycles. The van der Waals surface area contributed by atoms with Crippen molar-refractivity contribution in [3.8, 4) is 11.6 Å². The highest BCUT2D eigenvalue weighted by Gasteiger charge is 2.20. The quantitative estimate of drug-likeness (QED) is 0.613. The maximum Gasteiger partial charge on any atom is 0.314 e. The van der Waals surface area contributed by atoms with E-state index in [9.17, 15) is 10.1 Å². The lowest BCUT2D eigenvalue weighted by Gasteiger charge is -2.08. The van der Waals surface area contributed by atoms with E-state index >= 15 is 0 Å². The minimum atomic E-state index is -0.437. The number of hydrogen-bond acceptors (Lipinski definition) is 4. The third-order valence-electron chi connectivity index (χ3n) is 2.44. The summed E-state index contributed by atoms with van der Waals surface area (Å²) in [5.74, 6) is 0.557. The Morgan fingerprint density at radius 2 is 2.06 bits per heavy atom. The second-order valence-corrected chi connectivity index (χ2v) is 3.96. The molecule has 0 spiro atoms. The van der Waals surface area contributed by atoms with Crippen molar-refractivity contribution in [2.45, 2.75) is 13.8 Å². The average Bonchev–Trinajstić information content (AvgIpc) is 2.28. The van der Waals surface area contributed by atoms with Gasteiger partial charge in [0.25, 0.3) is 0 Å². The zero-order chi connectivity index (χ0) is 13.1. The molecule has 1 aromatic heterocycles. The van der Waals surface area contributed by atoms with E-state index in [2.05, 4.69) is 4.98 Å². The Kier molecular flexibility index (Phi) is 3.23. The lowest BCUT2D eigenvalue weighted by Crippen LogP contribution is -1.97. The number of rotatable bonds is 3. The fraction of sp³-hybridized carbons (Fsp3) is 0.154. The topological polar surface area (TPSA) is 65.3 Å². The molecule has 0 atom stereocenters. The molecule has 92 valence electrons. The maximum absolute atomic E-state index is 11.0. The molecular formula is C13H12N2O3. The minimum absolute atomic E-state index is 0.0220. The second-order valence-electron chi connectivity index (χ2n) is 3.96. The first kappa shape index (κ1) is 12.0. The van der Waals surface area contributed by atoms with Gasteiger partial charge in [0.2, 0.25) is 11.6 Å². The summed E-state index contributed by atoms with van der Waals surface area (Å²) in [5.41, 5.74) is 1.46. The Bertz CT molecular complexity index is 582. The molecule has 5 heteroatoms. The summed E-state index contributed by atoms with van der Waals surface area (Å²) in [6, 6.07) is 8.56. The zero-order valence-electron chi connectivity index (χ0n) is 10.1. The van der Waals surface area contributed by atoms with E-state index in [1.807, 2.05) is 6.92 Å². The van der Waals surface area contributed by atoms with Crippen LogP contribution in [0.25, 0.3) is 0 Å². The fourth-order valence-electron chi connectivity index (χ4n) is 1.75. The molecule has 0 saturated heterocycles. The van der Waals surface area contributed by atoms with E-state index in [-0.39, 0.29) is 11.4 Å². The van der Waals surface area contributed by atoms with Crippen LogP contribution in [-0.4, -0.2) is 9.91 Å². The summed E-state index contributed by atoms with van der Waals surface area (Å²) in [6.07, 6.45) is 1.57. The molecule has 0 saturated carbocycles. The van der Waals surface area contributed by atoms with Crippen molar-refractivity contribution < 1.29 is 9.66 Å². The van der Waals surface area contributed by atoms with Crippen molar-refractivity contribution in [2.24, 2.45) is 0 Å². The highest BCUT2D eigenvalue weighted by Crippen LogP contribution is 2.34. The summed E-state index contributed by atoms with van der Waals surface area (Å²) in [6.45, 7) is 3.55. The van der Waals surface area contributed by atoms with E-state index in [1.165, 1.54) is 0 Å². The molecule has 2 rings (SSSR count). The van der Waals surface area contributed by atoms with Crippen molar-refractivity contribution in [2.75, 3.05) is 0 Å². The molecule has 0 fully saturated rings. The zero-order valence-corrected chi connectivity index (χ0v) is 10.1. The minimum Gasteiger partial charge on any atom is -0.432 e. The van der Waals surface area contributed by atoms with Crippen molar-refractivity contribution in [3.05, 3.63) is 57.8 Å². The van der Waals surface area contributed by atoms with Crippen LogP contribution >= 0.6 is 0 Å². The molecule has 0 amide bonds. The molecule has 0 bridgehead atoms. The number of benzene rings is 1. The van der Waals surface area contributed by atoms with Crippen molar-refractivity contribution >= 4 is 5.69 Å². The number of hydrogen-bond donors (Lipinski definition) is 0. The van der Waals surface area contributed by atoms with E-state index < -0.39 is 4.92 Å². The molecule has 0 aliphatic rings. The third kappa shape index (κ3) is 2.45. The number of aromatic nitrogens is 1. The van der Waals surface area contributed by atoms with E-state index in [4.69, 9.17) is 4.74 Å². The lowest BCUT2D eigenvalue weighted by atomic mass is 10.1. The monoisotopic (exact) mass is 244 g/mol. The first-order valence-corrected chi connectivity index (χ1v) is 5.42. The van der Waals surface area contributed by atoms with Gasteiger partial charge < -0.3 is 4.74 Å². The summed E-state index contributed by atoms with van der Waals surface area (Å²) < 4.78 is 5.48. The van der Waals surface area contributed by atoms with E-state index in [0.29, 0.717) is 11.4 Å². The van der Waals surface area contributed by atoms with Crippen LogP contribution < -0.4 is 4.74 Å². The molecule has 2 aromatic rings. The highest BCUT2D eigenvalue weighted by atomic mass is 16.6. The number of pyridine rings is 1. The standard InChI is InChI=1S/C13H12N2O3/c1-9-7-10(2)13(15(16)17)11(8-9)18-12-5-3-4-6-14-12/h3-8H,1-2H3. The van der Waals surface area contributed by atoms with Crippen molar-refractivity contribution in [1.82, 2.24) is 4.98 Å². The molecule has 0 unspecified atom stereocenters. The van der Waals surface area contributed by atoms with Gasteiger partial charge in [-0.25, -0.2) is 4.98 Å². The molecule has 5 nitrogen and oxygen atoms in total. The van der Waals surface area contributed by atoms with Crippen LogP contribution in [0.3, 0.4) is 0 Å². The van der Waals surface area contributed by atoms with Crippen LogP contribution in [-0.2, 0) is 0 Å². The van der Waals surface area contributed by atoms with Gasteiger partial charge >= 0.3 is 5.69 Å². The van der Waals surface area contributed by atoms with Gasteiger partial charge in [0, 0.05) is 17.8 Å². The summed E-state index contributed by atoms with van der Waals surface area (Å²) in [4.78, 5) is 14.6. The van der Waals surface area contributed by atoms with Gasteiger partial charge in [0.05, 0.1) is 4.92 Å². The molecular weight excluding hydrogens is 232 g/mol. The van der Waals surface area contributed by atoms with E-state index in [1.54, 1.807) is 43.5 Å². The molecule has 0 aliphatic heterocycles. The average molecular weight is 244 g/mol. The predicted octanol–water partition coefficient (Wildman–Crippen LogP) is 3.40. The number of nitrogens with zero attached hydrogens (tertiary/aromatic N) is 2. The van der Waals surface area contributed by atoms with Gasteiger partial charge in [-0.2, -0.15) is 0 Å². The van der Waals surface area contributed by atoms with Crippen LogP contribution in [0.4, 0.5) is 5.69 Å². The Morgan fingerprint density at radius 3 is 2.67 bits per heavy atom. The molecule has 0 aliphatic carbocycles. The largest absolute Gasteiger partial charge is 0.432 e. The first-order chi connectivity index (χ1) is 8.58. The van der Waals surface area contributed by atoms with Crippen LogP contribution in [0.5, 0.6) is 11.6 Å². The summed E-state index contributed by atoms with van der Waals surface area (Å²) in [7, 11) is 0. The van der Waals surface area contributed by atoms with Crippen LogP contribution in [0.1, 0.15) is 11.1 Å². The first-order valence-electron chi connectivity index (χ1n) is 5.42. The smallest absolute Gasteiger partial charge is 0.314 e. The second kappa shape index (κ2) is 4.83. The van der Waals surface area contributed by atoms with Crippen LogP contribution in [0.15, 0.2) is 36.5 Å². The Morgan fingerprint density at radius 1 is 1.28 bits per heavy atom. The van der Waals surface area contributed by atoms with Crippen LogP contribution in [0.2, 0.25) is 0 Å². The Hall–Kier alpha value is -2.43. The van der Waals surface area contributed by atoms with Crippen LogP contribution in [0, 0.1) is 24.0 Å². The normalized spacial score (nSPS) is 10.1. The molecule has 0 radical (unpaired) electrons. The fourth-order valence-corrected chi connectivity index (χ4v) is 1.75. The SMILES string of the molecule is Cc1cc(C)c([N+](=O)[O-])c(Oc2ccccn2)c1. The summed E-state index contributed by atoms with van der Waals surface area (Å²) >= 11 is 0. The van der Waals surface area contributed by atoms with Gasteiger partial charge in [0.15, 0.2) is 0 Å².